The van der Waals surface area contributed by atoms with E-state index in [-0.39, 0.29) is 45.0 Å². The molecule has 0 spiro atoms. The van der Waals surface area contributed by atoms with Crippen molar-refractivity contribution in [3.8, 4) is 11.5 Å². The lowest BCUT2D eigenvalue weighted by molar-refractivity contribution is 0.0987. The van der Waals surface area contributed by atoms with E-state index in [0.29, 0.717) is 6.29 Å². The van der Waals surface area contributed by atoms with E-state index in [4.69, 9.17) is 18.3 Å². The Balaban J connectivity index is 1.49. The normalized spacial score (nSPS) is 11.9. The number of hydrogen-bond donors (Lipinski definition) is 0. The smallest absolute Gasteiger partial charge is 0.197 e. The third-order valence-electron chi connectivity index (χ3n) is 4.75. The highest BCUT2D eigenvalue weighted by molar-refractivity contribution is 5.93. The lowest BCUT2D eigenvalue weighted by Gasteiger charge is -2.14. The number of rotatable bonds is 8. The van der Waals surface area contributed by atoms with E-state index < -0.39 is 36.0 Å². The van der Waals surface area contributed by atoms with Crippen LogP contribution in [0.5, 0.6) is 11.5 Å². The monoisotopic (exact) mass is 452 g/mol. The molecule has 168 valence electrons. The number of alkyl halides is 1. The lowest BCUT2D eigenvalue weighted by atomic mass is 10.2. The number of ketones is 1. The number of carbonyl (C=O) groups excluding carboxylic acids is 2. The van der Waals surface area contributed by atoms with E-state index in [1.807, 2.05) is 0 Å². The predicted octanol–water partition coefficient (Wildman–Crippen LogP) is 3.71. The number of benzene rings is 2. The molecule has 0 amide bonds. The third kappa shape index (κ3) is 4.52. The van der Waals surface area contributed by atoms with Gasteiger partial charge in [-0.3, -0.25) is 19.2 Å². The molecular weight excluding hydrogens is 435 g/mol. The van der Waals surface area contributed by atoms with E-state index in [1.54, 1.807) is 12.1 Å². The van der Waals surface area contributed by atoms with Crippen LogP contribution in [0.2, 0.25) is 0 Å². The first-order valence-corrected chi connectivity index (χ1v) is 9.87. The molecule has 0 saturated heterocycles. The van der Waals surface area contributed by atoms with E-state index >= 15 is 0 Å². The van der Waals surface area contributed by atoms with Gasteiger partial charge in [0.25, 0.3) is 0 Å². The van der Waals surface area contributed by atoms with Crippen molar-refractivity contribution >= 4 is 34.0 Å². The molecule has 0 aliphatic heterocycles. The van der Waals surface area contributed by atoms with Crippen LogP contribution >= 0.6 is 0 Å². The van der Waals surface area contributed by atoms with E-state index in [1.165, 1.54) is 31.2 Å². The molecule has 0 aliphatic carbocycles. The van der Waals surface area contributed by atoms with Crippen LogP contribution in [0, 0.1) is 0 Å². The van der Waals surface area contributed by atoms with Crippen molar-refractivity contribution in [1.29, 1.82) is 0 Å². The van der Waals surface area contributed by atoms with Gasteiger partial charge < -0.3 is 18.3 Å². The molecule has 1 unspecified atom stereocenters. The van der Waals surface area contributed by atoms with Gasteiger partial charge >= 0.3 is 0 Å². The Morgan fingerprint density at radius 1 is 0.939 bits per heavy atom. The van der Waals surface area contributed by atoms with Crippen LogP contribution in [-0.2, 0) is 0 Å². The first-order chi connectivity index (χ1) is 15.9. The first kappa shape index (κ1) is 21.9. The second-order valence-corrected chi connectivity index (χ2v) is 7.14. The molecule has 4 aromatic rings. The summed E-state index contributed by atoms with van der Waals surface area (Å²) >= 11 is 0. The molecule has 2 aromatic heterocycles. The lowest BCUT2D eigenvalue weighted by Crippen LogP contribution is -2.22. The molecule has 8 nitrogen and oxygen atoms in total. The van der Waals surface area contributed by atoms with Crippen molar-refractivity contribution in [2.45, 2.75) is 13.1 Å². The standard InChI is InChI=1S/C24H17FO8/c1-13(27)22-9-17(29)24-19(5-3-7-21(24)33-22)31-12-14(25)11-30-18-4-2-6-20-23(18)16(28)8-15(10-26)32-20/h2-10,14H,11-12H2,1H3. The highest BCUT2D eigenvalue weighted by atomic mass is 19.1. The van der Waals surface area contributed by atoms with Crippen LogP contribution in [0.1, 0.15) is 28.0 Å². The second-order valence-electron chi connectivity index (χ2n) is 7.14. The van der Waals surface area contributed by atoms with Crippen LogP contribution < -0.4 is 20.3 Å². The number of aldehydes is 1. The van der Waals surface area contributed by atoms with Crippen LogP contribution in [0.15, 0.2) is 67.0 Å². The minimum Gasteiger partial charge on any atom is -0.489 e. The average Bonchev–Trinajstić information content (AvgIpc) is 2.80. The topological polar surface area (TPSA) is 113 Å². The molecule has 0 bridgehead atoms. The summed E-state index contributed by atoms with van der Waals surface area (Å²) in [6.45, 7) is 0.392. The van der Waals surface area contributed by atoms with Gasteiger partial charge in [-0.15, -0.1) is 0 Å². The summed E-state index contributed by atoms with van der Waals surface area (Å²) in [5.74, 6) is -0.404. The fraction of sp³-hybridized carbons (Fsp3) is 0.167. The minimum atomic E-state index is -1.61. The molecule has 0 fully saturated rings. The zero-order chi connectivity index (χ0) is 23.5. The van der Waals surface area contributed by atoms with Crippen molar-refractivity contribution in [3.63, 3.8) is 0 Å². The largest absolute Gasteiger partial charge is 0.489 e. The molecule has 9 heteroatoms. The number of carbonyl (C=O) groups is 2. The fourth-order valence-electron chi connectivity index (χ4n) is 3.26. The Morgan fingerprint density at radius 3 is 2.03 bits per heavy atom. The summed E-state index contributed by atoms with van der Waals surface area (Å²) in [7, 11) is 0. The maximum absolute atomic E-state index is 14.5. The van der Waals surface area contributed by atoms with Gasteiger partial charge in [0, 0.05) is 19.1 Å². The Hall–Kier alpha value is -4.27. The Labute approximate surface area is 185 Å². The maximum Gasteiger partial charge on any atom is 0.197 e. The number of halogens is 1. The number of ether oxygens (including phenoxy) is 2. The highest BCUT2D eigenvalue weighted by Gasteiger charge is 2.16. The van der Waals surface area contributed by atoms with Gasteiger partial charge in [0.2, 0.25) is 0 Å². The van der Waals surface area contributed by atoms with Crippen LogP contribution in [0.4, 0.5) is 4.39 Å². The molecule has 1 atom stereocenters. The summed E-state index contributed by atoms with van der Waals surface area (Å²) in [4.78, 5) is 47.1. The molecule has 0 aliphatic rings. The van der Waals surface area contributed by atoms with Crippen molar-refractivity contribution in [2.75, 3.05) is 13.2 Å². The molecule has 0 N–H and O–H groups in total. The van der Waals surface area contributed by atoms with Crippen molar-refractivity contribution in [2.24, 2.45) is 0 Å². The summed E-state index contributed by atoms with van der Waals surface area (Å²) in [6, 6.07) is 11.2. The number of fused-ring (bicyclic) bond motifs is 2. The van der Waals surface area contributed by atoms with Gasteiger partial charge in [-0.2, -0.15) is 0 Å². The van der Waals surface area contributed by atoms with E-state index in [9.17, 15) is 23.6 Å². The van der Waals surface area contributed by atoms with Crippen LogP contribution in [-0.4, -0.2) is 31.5 Å². The van der Waals surface area contributed by atoms with Crippen molar-refractivity contribution in [1.82, 2.24) is 0 Å². The Kier molecular flexibility index (Phi) is 6.03. The summed E-state index contributed by atoms with van der Waals surface area (Å²) in [5.41, 5.74) is -0.691. The van der Waals surface area contributed by atoms with E-state index in [2.05, 4.69) is 0 Å². The van der Waals surface area contributed by atoms with Gasteiger partial charge in [-0.05, 0) is 24.3 Å². The van der Waals surface area contributed by atoms with Crippen molar-refractivity contribution < 1.29 is 32.3 Å². The van der Waals surface area contributed by atoms with E-state index in [0.717, 1.165) is 12.1 Å². The predicted molar refractivity (Wildman–Crippen MR) is 116 cm³/mol. The first-order valence-electron chi connectivity index (χ1n) is 9.87. The van der Waals surface area contributed by atoms with Crippen LogP contribution in [0.3, 0.4) is 0 Å². The number of hydrogen-bond acceptors (Lipinski definition) is 8. The molecular formula is C24H17FO8. The quantitative estimate of drug-likeness (QED) is 0.294. The summed E-state index contributed by atoms with van der Waals surface area (Å²) < 4.78 is 36.2. The zero-order valence-electron chi connectivity index (χ0n) is 17.3. The molecule has 33 heavy (non-hydrogen) atoms. The highest BCUT2D eigenvalue weighted by Crippen LogP contribution is 2.25. The second kappa shape index (κ2) is 9.07. The van der Waals surface area contributed by atoms with Gasteiger partial charge in [0.05, 0.1) is 0 Å². The Bertz CT molecular complexity index is 1480. The molecule has 2 aromatic carbocycles. The van der Waals surface area contributed by atoms with Crippen molar-refractivity contribution in [3.05, 3.63) is 80.5 Å². The fourth-order valence-corrected chi connectivity index (χ4v) is 3.26. The van der Waals surface area contributed by atoms with Gasteiger partial charge in [0.1, 0.15) is 46.7 Å². The number of Topliss-reactive ketones (excluding diaryl/α,β-unsaturated/α-hetero) is 1. The SMILES string of the molecule is CC(=O)c1cc(=O)c2c(OCC(F)COc3cccc4oc(C=O)cc(=O)c34)cccc2o1. The summed E-state index contributed by atoms with van der Waals surface area (Å²) in [6.07, 6.45) is -1.20. The third-order valence-corrected chi connectivity index (χ3v) is 4.75. The zero-order valence-corrected chi connectivity index (χ0v) is 17.3. The van der Waals surface area contributed by atoms with Gasteiger partial charge in [0.15, 0.2) is 40.6 Å². The molecule has 0 radical (unpaired) electrons. The Morgan fingerprint density at radius 2 is 1.48 bits per heavy atom. The molecule has 4 rings (SSSR count). The maximum atomic E-state index is 14.5. The van der Waals surface area contributed by atoms with Gasteiger partial charge in [-0.1, -0.05) is 12.1 Å². The minimum absolute atomic E-state index is 0.0822. The summed E-state index contributed by atoms with van der Waals surface area (Å²) in [5, 5.41) is 0.178. The van der Waals surface area contributed by atoms with Gasteiger partial charge in [-0.25, -0.2) is 4.39 Å². The van der Waals surface area contributed by atoms with Crippen LogP contribution in [0.25, 0.3) is 21.9 Å². The molecule has 2 heterocycles. The average molecular weight is 452 g/mol. The molecule has 0 saturated carbocycles.